The van der Waals surface area contributed by atoms with Crippen LogP contribution in [0.1, 0.15) is 40.7 Å². The quantitative estimate of drug-likeness (QED) is 0.303. The summed E-state index contributed by atoms with van der Waals surface area (Å²) in [6.45, 7) is 1.10. The van der Waals surface area contributed by atoms with Gasteiger partial charge in [0.1, 0.15) is 0 Å². The molecule has 212 valence electrons. The third-order valence-electron chi connectivity index (χ3n) is 6.74. The highest BCUT2D eigenvalue weighted by atomic mass is 19.4. The van der Waals surface area contributed by atoms with Crippen molar-refractivity contribution in [3.05, 3.63) is 89.9 Å². The summed E-state index contributed by atoms with van der Waals surface area (Å²) < 4.78 is 39.1. The van der Waals surface area contributed by atoms with Gasteiger partial charge in [-0.2, -0.15) is 18.2 Å². The van der Waals surface area contributed by atoms with Gasteiger partial charge in [-0.15, -0.1) is 5.10 Å². The Labute approximate surface area is 234 Å². The summed E-state index contributed by atoms with van der Waals surface area (Å²) in [5.74, 6) is -0.298. The number of hydrogen-bond acceptors (Lipinski definition) is 6. The number of anilines is 2. The predicted octanol–water partition coefficient (Wildman–Crippen LogP) is 4.80. The summed E-state index contributed by atoms with van der Waals surface area (Å²) in [5, 5.41) is 10.6. The zero-order valence-corrected chi connectivity index (χ0v) is 22.1. The van der Waals surface area contributed by atoms with Gasteiger partial charge in [0.25, 0.3) is 5.91 Å². The SMILES string of the molecule is O=C(NCCc1ccncc1)c1ccc(Nc2nc3c(C4=CCN(C(=O)CCC(F)(F)F)CC4)cccn3n2)cc1. The number of carbonyl (C=O) groups is 2. The molecule has 0 atom stereocenters. The van der Waals surface area contributed by atoms with Gasteiger partial charge in [-0.05, 0) is 72.5 Å². The van der Waals surface area contributed by atoms with Crippen LogP contribution in [0, 0.1) is 0 Å². The van der Waals surface area contributed by atoms with Gasteiger partial charge in [0.2, 0.25) is 11.9 Å². The number of rotatable bonds is 9. The van der Waals surface area contributed by atoms with E-state index in [0.717, 1.165) is 16.7 Å². The molecule has 0 bridgehead atoms. The van der Waals surface area contributed by atoms with Crippen molar-refractivity contribution in [2.24, 2.45) is 0 Å². The van der Waals surface area contributed by atoms with Gasteiger partial charge < -0.3 is 15.5 Å². The number of benzene rings is 1. The van der Waals surface area contributed by atoms with E-state index >= 15 is 0 Å². The van der Waals surface area contributed by atoms with Crippen LogP contribution in [0.3, 0.4) is 0 Å². The van der Waals surface area contributed by atoms with E-state index in [0.29, 0.717) is 48.8 Å². The Morgan fingerprint density at radius 3 is 2.51 bits per heavy atom. The van der Waals surface area contributed by atoms with Crippen molar-refractivity contribution in [1.29, 1.82) is 0 Å². The molecule has 2 N–H and O–H groups in total. The third-order valence-corrected chi connectivity index (χ3v) is 6.74. The highest BCUT2D eigenvalue weighted by Crippen LogP contribution is 2.28. The molecule has 9 nitrogen and oxygen atoms in total. The van der Waals surface area contributed by atoms with Gasteiger partial charge in [0.05, 0.1) is 6.42 Å². The van der Waals surface area contributed by atoms with Gasteiger partial charge in [-0.25, -0.2) is 4.52 Å². The smallest absolute Gasteiger partial charge is 0.352 e. The molecule has 0 radical (unpaired) electrons. The van der Waals surface area contributed by atoms with Crippen LogP contribution in [0.2, 0.25) is 0 Å². The number of nitrogens with zero attached hydrogens (tertiary/aromatic N) is 5. The predicted molar refractivity (Wildman–Crippen MR) is 147 cm³/mol. The first kappa shape index (κ1) is 27.8. The molecule has 1 aliphatic heterocycles. The van der Waals surface area contributed by atoms with Crippen LogP contribution in [0.15, 0.2) is 73.2 Å². The minimum Gasteiger partial charge on any atom is -0.352 e. The molecule has 0 fully saturated rings. The lowest BCUT2D eigenvalue weighted by atomic mass is 10.00. The second-order valence-electron chi connectivity index (χ2n) is 9.62. The monoisotopic (exact) mass is 563 g/mol. The van der Waals surface area contributed by atoms with E-state index in [1.54, 1.807) is 47.4 Å². The minimum atomic E-state index is -4.35. The van der Waals surface area contributed by atoms with Crippen LogP contribution >= 0.6 is 0 Å². The molecular formula is C29H28F3N7O2. The highest BCUT2D eigenvalue weighted by molar-refractivity contribution is 5.94. The van der Waals surface area contributed by atoms with Crippen LogP contribution < -0.4 is 10.6 Å². The number of hydrogen-bond donors (Lipinski definition) is 2. The lowest BCUT2D eigenvalue weighted by Gasteiger charge is -2.27. The summed E-state index contributed by atoms with van der Waals surface area (Å²) in [7, 11) is 0. The van der Waals surface area contributed by atoms with Gasteiger partial charge >= 0.3 is 6.18 Å². The topological polar surface area (TPSA) is 105 Å². The standard InChI is InChI=1S/C29H28F3N7O2/c30-29(31,32)13-7-25(40)38-18-11-21(12-19-38)24-2-1-17-39-26(24)36-28(37-39)35-23-5-3-22(4-6-23)27(41)34-16-10-20-8-14-33-15-9-20/h1-6,8-9,11,14-15,17H,7,10,12-13,16,18-19H2,(H,34,41)(H,35,37). The molecule has 0 aliphatic carbocycles. The van der Waals surface area contributed by atoms with Crippen molar-refractivity contribution < 1.29 is 22.8 Å². The second kappa shape index (κ2) is 12.2. The van der Waals surface area contributed by atoms with Crippen LogP contribution in [-0.4, -0.2) is 62.1 Å². The van der Waals surface area contributed by atoms with Gasteiger partial charge in [-0.1, -0.05) is 6.08 Å². The molecule has 0 saturated heterocycles. The number of aromatic nitrogens is 4. The van der Waals surface area contributed by atoms with E-state index in [4.69, 9.17) is 0 Å². The fourth-order valence-corrected chi connectivity index (χ4v) is 4.56. The molecule has 4 heterocycles. The first-order chi connectivity index (χ1) is 19.7. The number of amides is 2. The zero-order chi connectivity index (χ0) is 28.8. The Morgan fingerprint density at radius 2 is 1.80 bits per heavy atom. The maximum absolute atomic E-state index is 12.5. The van der Waals surface area contributed by atoms with Crippen molar-refractivity contribution in [1.82, 2.24) is 29.8 Å². The molecule has 4 aromatic rings. The van der Waals surface area contributed by atoms with E-state index < -0.39 is 24.9 Å². The Kier molecular flexibility index (Phi) is 8.27. The van der Waals surface area contributed by atoms with Crippen molar-refractivity contribution in [2.45, 2.75) is 31.9 Å². The number of pyridine rings is 2. The van der Waals surface area contributed by atoms with E-state index in [2.05, 4.69) is 25.7 Å². The molecule has 41 heavy (non-hydrogen) atoms. The Hall–Kier alpha value is -4.74. The Bertz CT molecular complexity index is 1550. The van der Waals surface area contributed by atoms with Crippen LogP contribution in [0.4, 0.5) is 24.8 Å². The fourth-order valence-electron chi connectivity index (χ4n) is 4.56. The van der Waals surface area contributed by atoms with E-state index in [9.17, 15) is 22.8 Å². The summed E-state index contributed by atoms with van der Waals surface area (Å²) in [4.78, 5) is 34.7. The lowest BCUT2D eigenvalue weighted by molar-refractivity contribution is -0.148. The zero-order valence-electron chi connectivity index (χ0n) is 22.1. The largest absolute Gasteiger partial charge is 0.389 e. The minimum absolute atomic E-state index is 0.164. The molecule has 1 aliphatic rings. The summed E-state index contributed by atoms with van der Waals surface area (Å²) in [6, 6.07) is 14.6. The maximum atomic E-state index is 12.5. The molecular weight excluding hydrogens is 535 g/mol. The molecule has 0 saturated carbocycles. The number of fused-ring (bicyclic) bond motifs is 1. The number of halogens is 3. The molecule has 0 spiro atoms. The molecule has 5 rings (SSSR count). The van der Waals surface area contributed by atoms with Crippen molar-refractivity contribution in [3.63, 3.8) is 0 Å². The highest BCUT2D eigenvalue weighted by Gasteiger charge is 2.29. The molecule has 1 aromatic carbocycles. The van der Waals surface area contributed by atoms with Crippen LogP contribution in [0.25, 0.3) is 11.2 Å². The number of alkyl halides is 3. The molecule has 0 unspecified atom stereocenters. The van der Waals surface area contributed by atoms with Crippen LogP contribution in [-0.2, 0) is 11.2 Å². The second-order valence-corrected chi connectivity index (χ2v) is 9.62. The summed E-state index contributed by atoms with van der Waals surface area (Å²) in [5.41, 5.74) is 4.75. The van der Waals surface area contributed by atoms with E-state index in [1.165, 1.54) is 4.90 Å². The first-order valence-corrected chi connectivity index (χ1v) is 13.2. The Morgan fingerprint density at radius 1 is 1.02 bits per heavy atom. The molecule has 3 aromatic heterocycles. The van der Waals surface area contributed by atoms with Gasteiger partial charge in [-0.3, -0.25) is 14.6 Å². The lowest BCUT2D eigenvalue weighted by Crippen LogP contribution is -2.35. The average molecular weight is 564 g/mol. The van der Waals surface area contributed by atoms with Crippen molar-refractivity contribution in [2.75, 3.05) is 25.0 Å². The maximum Gasteiger partial charge on any atom is 0.389 e. The van der Waals surface area contributed by atoms with Crippen molar-refractivity contribution >= 4 is 34.7 Å². The first-order valence-electron chi connectivity index (χ1n) is 13.2. The summed E-state index contributed by atoms with van der Waals surface area (Å²) >= 11 is 0. The van der Waals surface area contributed by atoms with Crippen LogP contribution in [0.5, 0.6) is 0 Å². The van der Waals surface area contributed by atoms with Crippen molar-refractivity contribution in [3.8, 4) is 0 Å². The van der Waals surface area contributed by atoms with Gasteiger partial charge in [0, 0.05) is 61.5 Å². The average Bonchev–Trinajstić information content (AvgIpc) is 3.39. The Balaban J connectivity index is 1.20. The number of carbonyl (C=O) groups excluding carboxylic acids is 2. The van der Waals surface area contributed by atoms with E-state index in [-0.39, 0.29) is 12.5 Å². The third kappa shape index (κ3) is 7.27. The number of nitrogens with one attached hydrogen (secondary N) is 2. The van der Waals surface area contributed by atoms with Gasteiger partial charge in [0.15, 0.2) is 5.65 Å². The molecule has 12 heteroatoms. The normalized spacial score (nSPS) is 13.6. The van der Waals surface area contributed by atoms with E-state index in [1.807, 2.05) is 30.3 Å². The fraction of sp³-hybridized carbons (Fsp3) is 0.276. The molecule has 2 amide bonds. The summed E-state index contributed by atoms with van der Waals surface area (Å²) in [6.07, 6.45) is 2.28.